The summed E-state index contributed by atoms with van der Waals surface area (Å²) in [6.45, 7) is 3.17. The van der Waals surface area contributed by atoms with Crippen LogP contribution in [0.5, 0.6) is 11.5 Å². The van der Waals surface area contributed by atoms with Crippen molar-refractivity contribution in [3.63, 3.8) is 0 Å². The lowest BCUT2D eigenvalue weighted by Crippen LogP contribution is -2.34. The molecule has 0 spiro atoms. The lowest BCUT2D eigenvalue weighted by molar-refractivity contribution is -0.143. The molecule has 2 amide bonds. The van der Waals surface area contributed by atoms with Crippen molar-refractivity contribution < 1.29 is 45.4 Å². The molecule has 2 rings (SSSR count). The van der Waals surface area contributed by atoms with Crippen molar-refractivity contribution in [3.05, 3.63) is 53.1 Å². The molecular formula is C21H20F6N2O4. The number of methoxy groups -OCH3 is 1. The minimum Gasteiger partial charge on any atom is -0.493 e. The molecule has 0 bridgehead atoms. The van der Waals surface area contributed by atoms with Gasteiger partial charge in [-0.2, -0.15) is 26.3 Å². The number of benzene rings is 2. The first-order valence-corrected chi connectivity index (χ1v) is 9.41. The minimum atomic E-state index is -5.05. The average molecular weight is 478 g/mol. The van der Waals surface area contributed by atoms with Crippen LogP contribution < -0.4 is 20.1 Å². The molecule has 2 aromatic carbocycles. The van der Waals surface area contributed by atoms with E-state index >= 15 is 0 Å². The van der Waals surface area contributed by atoms with Gasteiger partial charge in [-0.25, -0.2) is 0 Å². The molecule has 0 fully saturated rings. The van der Waals surface area contributed by atoms with Gasteiger partial charge in [0.1, 0.15) is 0 Å². The number of carbonyl (C=O) groups excluding carboxylic acids is 2. The first kappa shape index (κ1) is 25.8. The number of nitrogens with one attached hydrogen (secondary N) is 2. The van der Waals surface area contributed by atoms with Crippen LogP contribution in [0.25, 0.3) is 0 Å². The van der Waals surface area contributed by atoms with E-state index in [0.29, 0.717) is 12.1 Å². The average Bonchev–Trinajstić information content (AvgIpc) is 2.70. The Labute approximate surface area is 184 Å². The standard InChI is InChI=1S/C21H20F6N2O4/c1-11(2)28-18(30)10-33-16-5-4-12(6-17(16)32-3)19(31)29-15-8-13(20(22,23)24)7-14(9-15)21(25,26)27/h4-9,11H,10H2,1-3H3,(H,28,30)(H,29,31). The molecule has 6 nitrogen and oxygen atoms in total. The van der Waals surface area contributed by atoms with Crippen molar-refractivity contribution in [2.24, 2.45) is 0 Å². The van der Waals surface area contributed by atoms with Gasteiger partial charge in [0.25, 0.3) is 11.8 Å². The van der Waals surface area contributed by atoms with E-state index < -0.39 is 41.0 Å². The highest BCUT2D eigenvalue weighted by molar-refractivity contribution is 6.04. The number of hydrogen-bond donors (Lipinski definition) is 2. The minimum absolute atomic E-state index is 0.0278. The lowest BCUT2D eigenvalue weighted by Gasteiger charge is -2.15. The Kier molecular flexibility index (Phi) is 7.83. The number of halogens is 6. The van der Waals surface area contributed by atoms with Gasteiger partial charge >= 0.3 is 12.4 Å². The highest BCUT2D eigenvalue weighted by Gasteiger charge is 2.37. The molecule has 0 radical (unpaired) electrons. The molecule has 0 aliphatic carbocycles. The van der Waals surface area contributed by atoms with Crippen molar-refractivity contribution in [1.82, 2.24) is 5.32 Å². The molecule has 0 saturated carbocycles. The number of rotatable bonds is 7. The smallest absolute Gasteiger partial charge is 0.416 e. The largest absolute Gasteiger partial charge is 0.493 e. The van der Waals surface area contributed by atoms with Gasteiger partial charge in [-0.1, -0.05) is 0 Å². The molecular weight excluding hydrogens is 458 g/mol. The van der Waals surface area contributed by atoms with Crippen LogP contribution in [0, 0.1) is 0 Å². The Bertz CT molecular complexity index is 987. The fourth-order valence-electron chi connectivity index (χ4n) is 2.67. The summed E-state index contributed by atoms with van der Waals surface area (Å²) in [5, 5.41) is 4.63. The van der Waals surface area contributed by atoms with Crippen LogP contribution in [0.4, 0.5) is 32.0 Å². The van der Waals surface area contributed by atoms with Crippen LogP contribution in [0.15, 0.2) is 36.4 Å². The lowest BCUT2D eigenvalue weighted by atomic mass is 10.1. The predicted octanol–water partition coefficient (Wildman–Crippen LogP) is 4.89. The van der Waals surface area contributed by atoms with Crippen molar-refractivity contribution in [1.29, 1.82) is 0 Å². The SMILES string of the molecule is COc1cc(C(=O)Nc2cc(C(F)(F)F)cc(C(F)(F)F)c2)ccc1OCC(=O)NC(C)C. The summed E-state index contributed by atoms with van der Waals surface area (Å²) in [7, 11) is 1.25. The Hall–Kier alpha value is -3.44. The van der Waals surface area contributed by atoms with Gasteiger partial charge in [0.15, 0.2) is 18.1 Å². The maximum absolute atomic E-state index is 13.0. The second kappa shape index (κ2) is 10.0. The number of alkyl halides is 6. The number of hydrogen-bond acceptors (Lipinski definition) is 4. The second-order valence-electron chi connectivity index (χ2n) is 7.13. The Balaban J connectivity index is 2.25. The first-order chi connectivity index (χ1) is 15.2. The topological polar surface area (TPSA) is 76.7 Å². The Morgan fingerprint density at radius 1 is 0.909 bits per heavy atom. The molecule has 33 heavy (non-hydrogen) atoms. The summed E-state index contributed by atoms with van der Waals surface area (Å²) in [6, 6.07) is 4.31. The van der Waals surface area contributed by atoms with Crippen LogP contribution >= 0.6 is 0 Å². The fourth-order valence-corrected chi connectivity index (χ4v) is 2.67. The van der Waals surface area contributed by atoms with Crippen LogP contribution in [-0.4, -0.2) is 31.6 Å². The van der Waals surface area contributed by atoms with E-state index in [1.165, 1.54) is 25.3 Å². The quantitative estimate of drug-likeness (QED) is 0.556. The summed E-state index contributed by atoms with van der Waals surface area (Å²) in [5.74, 6) is -1.25. The third kappa shape index (κ3) is 7.29. The number of amides is 2. The van der Waals surface area contributed by atoms with E-state index in [2.05, 4.69) is 5.32 Å². The zero-order chi connectivity index (χ0) is 25.0. The van der Waals surface area contributed by atoms with Gasteiger partial charge < -0.3 is 20.1 Å². The zero-order valence-corrected chi connectivity index (χ0v) is 17.6. The molecule has 0 aliphatic heterocycles. The Morgan fingerprint density at radius 2 is 1.48 bits per heavy atom. The van der Waals surface area contributed by atoms with Crippen molar-refractivity contribution >= 4 is 17.5 Å². The molecule has 0 aromatic heterocycles. The summed E-state index contributed by atoms with van der Waals surface area (Å²) >= 11 is 0. The van der Waals surface area contributed by atoms with Gasteiger partial charge in [-0.05, 0) is 50.2 Å². The molecule has 0 unspecified atom stereocenters. The third-order valence-corrected chi connectivity index (χ3v) is 4.08. The van der Waals surface area contributed by atoms with Crippen molar-refractivity contribution in [2.75, 3.05) is 19.0 Å². The molecule has 0 aliphatic rings. The molecule has 0 atom stereocenters. The summed E-state index contributed by atoms with van der Waals surface area (Å²) in [6.07, 6.45) is -10.1. The van der Waals surface area contributed by atoms with E-state index in [9.17, 15) is 35.9 Å². The van der Waals surface area contributed by atoms with E-state index in [4.69, 9.17) is 9.47 Å². The third-order valence-electron chi connectivity index (χ3n) is 4.08. The van der Waals surface area contributed by atoms with Crippen LogP contribution in [-0.2, 0) is 17.1 Å². The maximum atomic E-state index is 13.0. The highest BCUT2D eigenvalue weighted by Crippen LogP contribution is 2.37. The molecule has 0 heterocycles. The maximum Gasteiger partial charge on any atom is 0.416 e. The van der Waals surface area contributed by atoms with Crippen LogP contribution in [0.1, 0.15) is 35.3 Å². The first-order valence-electron chi connectivity index (χ1n) is 9.41. The normalized spacial score (nSPS) is 11.8. The molecule has 2 N–H and O–H groups in total. The van der Waals surface area contributed by atoms with E-state index in [-0.39, 0.29) is 35.8 Å². The van der Waals surface area contributed by atoms with Gasteiger partial charge in [0.2, 0.25) is 0 Å². The molecule has 12 heteroatoms. The van der Waals surface area contributed by atoms with Crippen molar-refractivity contribution in [3.8, 4) is 11.5 Å². The summed E-state index contributed by atoms with van der Waals surface area (Å²) in [5.41, 5.74) is -3.94. The Morgan fingerprint density at radius 3 is 1.97 bits per heavy atom. The van der Waals surface area contributed by atoms with E-state index in [1.54, 1.807) is 13.8 Å². The zero-order valence-electron chi connectivity index (χ0n) is 17.6. The van der Waals surface area contributed by atoms with Gasteiger partial charge in [0.05, 0.1) is 18.2 Å². The van der Waals surface area contributed by atoms with Crippen LogP contribution in [0.2, 0.25) is 0 Å². The van der Waals surface area contributed by atoms with Gasteiger partial charge in [0, 0.05) is 17.3 Å². The summed E-state index contributed by atoms with van der Waals surface area (Å²) in [4.78, 5) is 24.2. The number of carbonyl (C=O) groups is 2. The molecule has 0 saturated heterocycles. The number of ether oxygens (including phenoxy) is 2. The highest BCUT2D eigenvalue weighted by atomic mass is 19.4. The van der Waals surface area contributed by atoms with Gasteiger partial charge in [-0.15, -0.1) is 0 Å². The summed E-state index contributed by atoms with van der Waals surface area (Å²) < 4.78 is 88.4. The monoisotopic (exact) mass is 478 g/mol. The predicted molar refractivity (Wildman–Crippen MR) is 106 cm³/mol. The van der Waals surface area contributed by atoms with Crippen LogP contribution in [0.3, 0.4) is 0 Å². The second-order valence-corrected chi connectivity index (χ2v) is 7.13. The van der Waals surface area contributed by atoms with Gasteiger partial charge in [-0.3, -0.25) is 9.59 Å². The van der Waals surface area contributed by atoms with E-state index in [1.807, 2.05) is 5.32 Å². The molecule has 180 valence electrons. The number of anilines is 1. The van der Waals surface area contributed by atoms with Crippen molar-refractivity contribution in [2.45, 2.75) is 32.2 Å². The molecule has 2 aromatic rings. The van der Waals surface area contributed by atoms with E-state index in [0.717, 1.165) is 0 Å². The fraction of sp³-hybridized carbons (Fsp3) is 0.333.